The van der Waals surface area contributed by atoms with E-state index in [4.69, 9.17) is 4.74 Å². The van der Waals surface area contributed by atoms with Gasteiger partial charge in [-0.15, -0.1) is 0 Å². The maximum absolute atomic E-state index is 4.81. The summed E-state index contributed by atoms with van der Waals surface area (Å²) in [4.78, 5) is 0. The zero-order valence-electron chi connectivity index (χ0n) is 6.68. The van der Waals surface area contributed by atoms with E-state index in [0.29, 0.717) is 6.61 Å². The van der Waals surface area contributed by atoms with Crippen LogP contribution >= 0.6 is 0 Å². The standard InChI is InChI=1S/C8H15NO/c1-4-9-8(2)6-5-7-10-3/h5-6,9H,2,4,7H2,1,3H3/b6-5+. The van der Waals surface area contributed by atoms with Crippen LogP contribution in [0.3, 0.4) is 0 Å². The maximum atomic E-state index is 4.81. The quantitative estimate of drug-likeness (QED) is 0.583. The minimum Gasteiger partial charge on any atom is -0.386 e. The van der Waals surface area contributed by atoms with Gasteiger partial charge in [-0.1, -0.05) is 12.7 Å². The third-order valence-corrected chi connectivity index (χ3v) is 0.986. The Kier molecular flexibility index (Phi) is 5.88. The molecular weight excluding hydrogens is 126 g/mol. The highest BCUT2D eigenvalue weighted by Crippen LogP contribution is 1.85. The van der Waals surface area contributed by atoms with Crippen LogP contribution in [0, 0.1) is 0 Å². The Morgan fingerprint density at radius 3 is 2.90 bits per heavy atom. The SMILES string of the molecule is C=C(/C=C/COC)NCC. The Labute approximate surface area is 62.6 Å². The highest BCUT2D eigenvalue weighted by Gasteiger charge is 1.80. The third kappa shape index (κ3) is 5.38. The maximum Gasteiger partial charge on any atom is 0.0647 e. The molecule has 0 atom stereocenters. The molecule has 0 unspecified atom stereocenters. The molecule has 0 saturated heterocycles. The number of methoxy groups -OCH3 is 1. The minimum absolute atomic E-state index is 0.643. The summed E-state index contributed by atoms with van der Waals surface area (Å²) in [5, 5.41) is 3.07. The molecule has 0 spiro atoms. The summed E-state index contributed by atoms with van der Waals surface area (Å²) in [6, 6.07) is 0. The predicted octanol–water partition coefficient (Wildman–Crippen LogP) is 1.31. The number of hydrogen-bond acceptors (Lipinski definition) is 2. The Morgan fingerprint density at radius 2 is 2.40 bits per heavy atom. The summed E-state index contributed by atoms with van der Waals surface area (Å²) in [6.07, 6.45) is 3.83. The van der Waals surface area contributed by atoms with E-state index in [1.807, 2.05) is 19.1 Å². The van der Waals surface area contributed by atoms with Crippen LogP contribution in [0.25, 0.3) is 0 Å². The molecule has 0 aliphatic heterocycles. The summed E-state index contributed by atoms with van der Waals surface area (Å²) in [6.45, 7) is 7.36. The molecule has 0 aromatic rings. The summed E-state index contributed by atoms with van der Waals surface area (Å²) in [5.41, 5.74) is 0.930. The lowest BCUT2D eigenvalue weighted by atomic mass is 10.4. The fourth-order valence-corrected chi connectivity index (χ4v) is 0.573. The van der Waals surface area contributed by atoms with Crippen molar-refractivity contribution in [3.63, 3.8) is 0 Å². The number of ether oxygens (including phenoxy) is 1. The van der Waals surface area contributed by atoms with Gasteiger partial charge in [0.2, 0.25) is 0 Å². The zero-order valence-corrected chi connectivity index (χ0v) is 6.68. The normalized spacial score (nSPS) is 10.2. The van der Waals surface area contributed by atoms with E-state index in [9.17, 15) is 0 Å². The van der Waals surface area contributed by atoms with Crippen molar-refractivity contribution in [3.8, 4) is 0 Å². The second-order valence-electron chi connectivity index (χ2n) is 1.91. The van der Waals surface area contributed by atoms with Gasteiger partial charge in [0.1, 0.15) is 0 Å². The van der Waals surface area contributed by atoms with Crippen molar-refractivity contribution < 1.29 is 4.74 Å². The molecule has 0 radical (unpaired) electrons. The van der Waals surface area contributed by atoms with Crippen LogP contribution in [0.1, 0.15) is 6.92 Å². The lowest BCUT2D eigenvalue weighted by Gasteiger charge is -1.99. The van der Waals surface area contributed by atoms with Gasteiger partial charge in [0.15, 0.2) is 0 Å². The lowest BCUT2D eigenvalue weighted by Crippen LogP contribution is -2.08. The largest absolute Gasteiger partial charge is 0.386 e. The number of allylic oxidation sites excluding steroid dienone is 1. The molecule has 2 nitrogen and oxygen atoms in total. The summed E-state index contributed by atoms with van der Waals surface area (Å²) < 4.78 is 4.81. The first kappa shape index (κ1) is 9.24. The molecule has 1 N–H and O–H groups in total. The van der Waals surface area contributed by atoms with E-state index in [2.05, 4.69) is 11.9 Å². The smallest absolute Gasteiger partial charge is 0.0647 e. The van der Waals surface area contributed by atoms with Gasteiger partial charge in [-0.2, -0.15) is 0 Å². The Bertz CT molecular complexity index is 118. The van der Waals surface area contributed by atoms with Crippen LogP contribution in [0.15, 0.2) is 24.4 Å². The van der Waals surface area contributed by atoms with Gasteiger partial charge in [-0.3, -0.25) is 0 Å². The van der Waals surface area contributed by atoms with Crippen LogP contribution < -0.4 is 5.32 Å². The van der Waals surface area contributed by atoms with Crippen molar-refractivity contribution in [3.05, 3.63) is 24.4 Å². The Morgan fingerprint density at radius 1 is 1.70 bits per heavy atom. The first-order chi connectivity index (χ1) is 4.81. The number of likely N-dealkylation sites (N-methyl/N-ethyl adjacent to an activating group) is 1. The average Bonchev–Trinajstić information content (AvgIpc) is 1.89. The minimum atomic E-state index is 0.643. The van der Waals surface area contributed by atoms with Gasteiger partial charge in [0.25, 0.3) is 0 Å². The van der Waals surface area contributed by atoms with E-state index in [-0.39, 0.29) is 0 Å². The van der Waals surface area contributed by atoms with Gasteiger partial charge in [0.05, 0.1) is 6.61 Å². The molecule has 0 aliphatic carbocycles. The molecular formula is C8H15NO. The summed E-state index contributed by atoms with van der Waals surface area (Å²) in [7, 11) is 1.67. The molecule has 0 saturated carbocycles. The van der Waals surface area contributed by atoms with E-state index in [0.717, 1.165) is 12.2 Å². The molecule has 2 heteroatoms. The molecule has 0 fully saturated rings. The summed E-state index contributed by atoms with van der Waals surface area (Å²) in [5.74, 6) is 0. The fourth-order valence-electron chi connectivity index (χ4n) is 0.573. The molecule has 0 bridgehead atoms. The van der Waals surface area contributed by atoms with Gasteiger partial charge < -0.3 is 10.1 Å². The van der Waals surface area contributed by atoms with Crippen molar-refractivity contribution >= 4 is 0 Å². The second-order valence-corrected chi connectivity index (χ2v) is 1.91. The third-order valence-electron chi connectivity index (χ3n) is 0.986. The Hall–Kier alpha value is -0.760. The molecule has 0 aromatic carbocycles. The van der Waals surface area contributed by atoms with Crippen LogP contribution in [0.4, 0.5) is 0 Å². The topological polar surface area (TPSA) is 21.3 Å². The molecule has 0 rings (SSSR count). The number of rotatable bonds is 5. The Balaban J connectivity index is 3.36. The number of hydrogen-bond donors (Lipinski definition) is 1. The second kappa shape index (κ2) is 6.36. The van der Waals surface area contributed by atoms with Gasteiger partial charge in [0, 0.05) is 19.4 Å². The van der Waals surface area contributed by atoms with Gasteiger partial charge in [-0.25, -0.2) is 0 Å². The van der Waals surface area contributed by atoms with Crippen molar-refractivity contribution in [2.45, 2.75) is 6.92 Å². The molecule has 58 valence electrons. The van der Waals surface area contributed by atoms with Crippen LogP contribution in [-0.4, -0.2) is 20.3 Å². The van der Waals surface area contributed by atoms with E-state index in [1.165, 1.54) is 0 Å². The highest BCUT2D eigenvalue weighted by atomic mass is 16.5. The predicted molar refractivity (Wildman–Crippen MR) is 43.8 cm³/mol. The summed E-state index contributed by atoms with van der Waals surface area (Å²) >= 11 is 0. The first-order valence-corrected chi connectivity index (χ1v) is 3.39. The zero-order chi connectivity index (χ0) is 7.82. The van der Waals surface area contributed by atoms with Crippen LogP contribution in [-0.2, 0) is 4.74 Å². The molecule has 0 aromatic heterocycles. The molecule has 0 amide bonds. The van der Waals surface area contributed by atoms with Crippen molar-refractivity contribution in [1.82, 2.24) is 5.32 Å². The first-order valence-electron chi connectivity index (χ1n) is 3.39. The van der Waals surface area contributed by atoms with E-state index >= 15 is 0 Å². The van der Waals surface area contributed by atoms with Crippen LogP contribution in [0.5, 0.6) is 0 Å². The van der Waals surface area contributed by atoms with Crippen LogP contribution in [0.2, 0.25) is 0 Å². The average molecular weight is 141 g/mol. The fraction of sp³-hybridized carbons (Fsp3) is 0.500. The lowest BCUT2D eigenvalue weighted by molar-refractivity contribution is 0.234. The number of nitrogens with one attached hydrogen (secondary N) is 1. The highest BCUT2D eigenvalue weighted by molar-refractivity contribution is 5.11. The van der Waals surface area contributed by atoms with Crippen molar-refractivity contribution in [2.75, 3.05) is 20.3 Å². The van der Waals surface area contributed by atoms with Gasteiger partial charge in [-0.05, 0) is 13.0 Å². The van der Waals surface area contributed by atoms with E-state index < -0.39 is 0 Å². The van der Waals surface area contributed by atoms with E-state index in [1.54, 1.807) is 7.11 Å². The van der Waals surface area contributed by atoms with Crippen molar-refractivity contribution in [1.29, 1.82) is 0 Å². The monoisotopic (exact) mass is 141 g/mol. The van der Waals surface area contributed by atoms with Crippen molar-refractivity contribution in [2.24, 2.45) is 0 Å². The molecule has 10 heavy (non-hydrogen) atoms. The molecule has 0 heterocycles. The molecule has 0 aliphatic rings. The van der Waals surface area contributed by atoms with Gasteiger partial charge >= 0.3 is 0 Å².